The second-order valence-electron chi connectivity index (χ2n) is 10.7. The van der Waals surface area contributed by atoms with Crippen molar-refractivity contribution in [2.75, 3.05) is 11.6 Å². The highest BCUT2D eigenvalue weighted by Crippen LogP contribution is 2.55. The maximum atomic E-state index is 14.0. The predicted octanol–water partition coefficient (Wildman–Crippen LogP) is 3.03. The molecule has 2 fully saturated rings. The first kappa shape index (κ1) is 26.4. The van der Waals surface area contributed by atoms with Crippen LogP contribution in [0, 0.1) is 30.5 Å². The Hall–Kier alpha value is -2.81. The van der Waals surface area contributed by atoms with Gasteiger partial charge >= 0.3 is 0 Å². The van der Waals surface area contributed by atoms with Crippen LogP contribution in [0.5, 0.6) is 0 Å². The lowest BCUT2D eigenvalue weighted by atomic mass is 9.77. The van der Waals surface area contributed by atoms with Crippen molar-refractivity contribution < 1.29 is 31.1 Å². The summed E-state index contributed by atoms with van der Waals surface area (Å²) in [5, 5.41) is 16.1. The molecule has 39 heavy (non-hydrogen) atoms. The van der Waals surface area contributed by atoms with Gasteiger partial charge in [-0.15, -0.1) is 15.7 Å². The van der Waals surface area contributed by atoms with Crippen molar-refractivity contribution >= 4 is 48.1 Å². The number of nitrogens with one attached hydrogen (secondary N) is 2. The maximum absolute atomic E-state index is 14.0. The normalized spacial score (nSPS) is 27.3. The van der Waals surface area contributed by atoms with Crippen LogP contribution in [0.3, 0.4) is 0 Å². The summed E-state index contributed by atoms with van der Waals surface area (Å²) in [6.07, 6.45) is 3.69. The number of rotatable bonds is 6. The first-order valence-corrected chi connectivity index (χ1v) is 16.7. The Labute approximate surface area is 229 Å². The fourth-order valence-corrected chi connectivity index (χ4v) is 9.56. The summed E-state index contributed by atoms with van der Waals surface area (Å²) in [4.78, 5) is 15.5. The van der Waals surface area contributed by atoms with Gasteiger partial charge in [-0.3, -0.25) is 4.79 Å². The molecule has 2 aromatic rings. The van der Waals surface area contributed by atoms with E-state index in [0.29, 0.717) is 5.56 Å². The lowest BCUT2D eigenvalue weighted by Crippen LogP contribution is -2.53. The summed E-state index contributed by atoms with van der Waals surface area (Å²) in [5.74, 6) is -1.25. The number of anilines is 1. The van der Waals surface area contributed by atoms with Gasteiger partial charge in [0.05, 0.1) is 6.26 Å². The zero-order chi connectivity index (χ0) is 27.9. The number of nitrogens with zero attached hydrogens (tertiary/aromatic N) is 2. The van der Waals surface area contributed by atoms with Crippen LogP contribution in [0.4, 0.5) is 9.39 Å². The molecule has 0 spiro atoms. The van der Waals surface area contributed by atoms with Gasteiger partial charge in [-0.2, -0.15) is 8.42 Å². The quantitative estimate of drug-likeness (QED) is 0.466. The number of carbonyl (C=O) groups excluding carboxylic acids is 1. The Morgan fingerprint density at radius 1 is 1.28 bits per heavy atom. The third kappa shape index (κ3) is 4.46. The van der Waals surface area contributed by atoms with Crippen LogP contribution >= 0.6 is 11.3 Å². The van der Waals surface area contributed by atoms with Gasteiger partial charge in [0.15, 0.2) is 5.84 Å². The summed E-state index contributed by atoms with van der Waals surface area (Å²) >= 11 is 1.04. The highest BCUT2D eigenvalue weighted by molar-refractivity contribution is 7.91. The number of aliphatic hydroxyl groups excluding tert-OH is 1. The molecule has 2 aliphatic carbocycles. The minimum Gasteiger partial charge on any atom is -0.511 e. The van der Waals surface area contributed by atoms with Crippen LogP contribution in [0.25, 0.3) is 0 Å². The molecule has 1 aromatic carbocycles. The Bertz CT molecular complexity index is 1680. The number of sulfonamides is 2. The van der Waals surface area contributed by atoms with E-state index in [9.17, 15) is 31.1 Å². The fourth-order valence-electron chi connectivity index (χ4n) is 6.54. The number of aryl methyl sites for hydroxylation is 1. The van der Waals surface area contributed by atoms with Gasteiger partial charge in [0, 0.05) is 30.6 Å². The average molecular weight is 595 g/mol. The number of hydrogen-bond acceptors (Lipinski definition) is 8. The van der Waals surface area contributed by atoms with Gasteiger partial charge in [0.25, 0.3) is 15.9 Å². The van der Waals surface area contributed by atoms with E-state index in [1.807, 2.05) is 0 Å². The molecule has 3 heterocycles. The minimum absolute atomic E-state index is 0.149. The zero-order valence-electron chi connectivity index (χ0n) is 21.1. The van der Waals surface area contributed by atoms with E-state index in [0.717, 1.165) is 42.4 Å². The third-order valence-electron chi connectivity index (χ3n) is 8.13. The van der Waals surface area contributed by atoms with E-state index >= 15 is 0 Å². The van der Waals surface area contributed by atoms with Gasteiger partial charge < -0.3 is 15.3 Å². The number of hydrogen-bond donors (Lipinski definition) is 3. The van der Waals surface area contributed by atoms with Crippen molar-refractivity contribution in [3.05, 3.63) is 57.4 Å². The number of amides is 1. The molecule has 2 bridgehead atoms. The van der Waals surface area contributed by atoms with Crippen molar-refractivity contribution in [1.29, 1.82) is 0 Å². The highest BCUT2D eigenvalue weighted by atomic mass is 32.2. The molecule has 4 atom stereocenters. The molecule has 3 N–H and O–H groups in total. The van der Waals surface area contributed by atoms with E-state index in [4.69, 9.17) is 0 Å². The van der Waals surface area contributed by atoms with Crippen LogP contribution in [-0.4, -0.2) is 50.9 Å². The van der Waals surface area contributed by atoms with Crippen molar-refractivity contribution in [3.8, 4) is 0 Å². The van der Waals surface area contributed by atoms with E-state index < -0.39 is 26.0 Å². The molecule has 10 nitrogen and oxygen atoms in total. The van der Waals surface area contributed by atoms with Gasteiger partial charge in [-0.1, -0.05) is 12.1 Å². The van der Waals surface area contributed by atoms with Crippen molar-refractivity contribution in [2.24, 2.45) is 22.2 Å². The molecular formula is C25H27FN4O6S3. The lowest BCUT2D eigenvalue weighted by Gasteiger charge is -2.44. The number of thiophene rings is 1. The minimum atomic E-state index is -4.32. The molecule has 2 aliphatic heterocycles. The monoisotopic (exact) mass is 594 g/mol. The number of amidine groups is 1. The van der Waals surface area contributed by atoms with Gasteiger partial charge in [0.1, 0.15) is 27.0 Å². The Morgan fingerprint density at radius 2 is 2.03 bits per heavy atom. The second kappa shape index (κ2) is 9.11. The summed E-state index contributed by atoms with van der Waals surface area (Å²) < 4.78 is 69.7. The smallest absolute Gasteiger partial charge is 0.287 e. The predicted molar refractivity (Wildman–Crippen MR) is 144 cm³/mol. The first-order chi connectivity index (χ1) is 18.3. The Balaban J connectivity index is 1.39. The van der Waals surface area contributed by atoms with Gasteiger partial charge in [0.2, 0.25) is 10.0 Å². The van der Waals surface area contributed by atoms with Crippen molar-refractivity contribution in [3.63, 3.8) is 0 Å². The number of benzene rings is 1. The largest absolute Gasteiger partial charge is 0.511 e. The number of fused-ring (bicyclic) bond motifs is 6. The molecule has 1 amide bonds. The van der Waals surface area contributed by atoms with Crippen LogP contribution < -0.4 is 10.0 Å². The van der Waals surface area contributed by atoms with E-state index in [1.54, 1.807) is 24.0 Å². The maximum Gasteiger partial charge on any atom is 0.287 e. The molecular weight excluding hydrogens is 567 g/mol. The van der Waals surface area contributed by atoms with Crippen LogP contribution in [-0.2, 0) is 37.9 Å². The molecule has 14 heteroatoms. The fraction of sp³-hybridized carbons (Fsp3) is 0.440. The van der Waals surface area contributed by atoms with E-state index in [2.05, 4.69) is 14.4 Å². The highest BCUT2D eigenvalue weighted by Gasteiger charge is 2.57. The molecule has 0 unspecified atom stereocenters. The van der Waals surface area contributed by atoms with Gasteiger partial charge in [-0.05, 0) is 60.6 Å². The van der Waals surface area contributed by atoms with Crippen LogP contribution in [0.1, 0.15) is 36.0 Å². The van der Waals surface area contributed by atoms with Crippen molar-refractivity contribution in [1.82, 2.24) is 9.62 Å². The van der Waals surface area contributed by atoms with E-state index in [1.165, 1.54) is 11.4 Å². The summed E-state index contributed by atoms with van der Waals surface area (Å²) in [5.41, 5.74) is 1.24. The topological polar surface area (TPSA) is 145 Å². The lowest BCUT2D eigenvalue weighted by molar-refractivity contribution is -0.134. The van der Waals surface area contributed by atoms with Crippen LogP contribution in [0.15, 0.2) is 44.2 Å². The molecule has 6 rings (SSSR count). The van der Waals surface area contributed by atoms with E-state index in [-0.39, 0.29) is 75.3 Å². The summed E-state index contributed by atoms with van der Waals surface area (Å²) in [7, 11) is -7.88. The Kier molecular flexibility index (Phi) is 6.17. The molecule has 0 saturated heterocycles. The average Bonchev–Trinajstić information content (AvgIpc) is 3.57. The summed E-state index contributed by atoms with van der Waals surface area (Å²) in [6.45, 7) is 1.60. The molecule has 2 saturated carbocycles. The number of aliphatic hydroxyl groups is 1. The zero-order valence-corrected chi connectivity index (χ0v) is 23.6. The standard InChI is InChI=1S/C25H27FN4O6S3/c1-12-7-13(3-6-17(12)26)10-30-20-15-5-4-14(8-15)18(20)21(31)19(25(30)32)23-28-24-22(39(35,36)29-23)16(11-37-24)9-27-38(2,33)34/h3,6-7,11,14-15,18,20,27,31H,4-5,8-10H2,1-2H3,(H,28,29)/t14-,15+,18+,20-/m0/s1. The first-order valence-electron chi connectivity index (χ1n) is 12.5. The van der Waals surface area contributed by atoms with Crippen LogP contribution in [0.2, 0.25) is 0 Å². The van der Waals surface area contributed by atoms with Gasteiger partial charge in [-0.25, -0.2) is 17.5 Å². The molecule has 0 radical (unpaired) electrons. The number of carbonyl (C=O) groups is 1. The number of halogens is 1. The molecule has 208 valence electrons. The van der Waals surface area contributed by atoms with Crippen molar-refractivity contribution in [2.45, 2.75) is 50.2 Å². The SMILES string of the molecule is Cc1cc(CN2C(=O)C(C3=NS(=O)(=O)c4c(CNS(C)(=O)=O)csc4N3)=C(O)[C@@H]3[C@H]4CC[C@H](C4)[C@@H]32)ccc1F. The molecule has 1 aromatic heterocycles. The Morgan fingerprint density at radius 3 is 2.74 bits per heavy atom. The third-order valence-corrected chi connectivity index (χ3v) is 11.3. The summed E-state index contributed by atoms with van der Waals surface area (Å²) in [6, 6.07) is 4.44. The second-order valence-corrected chi connectivity index (χ2v) is 14.9. The molecule has 4 aliphatic rings.